The van der Waals surface area contributed by atoms with Crippen molar-refractivity contribution in [1.82, 2.24) is 9.80 Å². The van der Waals surface area contributed by atoms with Crippen molar-refractivity contribution < 1.29 is 33.4 Å². The molecule has 4 rings (SSSR count). The number of imide groups is 1. The molecule has 0 aliphatic carbocycles. The van der Waals surface area contributed by atoms with Crippen molar-refractivity contribution in [1.29, 1.82) is 0 Å². The van der Waals surface area contributed by atoms with Gasteiger partial charge in [-0.3, -0.25) is 24.1 Å². The number of hydrogen-bond acceptors (Lipinski definition) is 8. The average Bonchev–Trinajstić information content (AvgIpc) is 3.18. The minimum atomic E-state index is -0.580. The molecule has 2 aromatic carbocycles. The molecular formula is C26H25BrClN3O7S. The summed E-state index contributed by atoms with van der Waals surface area (Å²) in [7, 11) is 0. The first-order valence-electron chi connectivity index (χ1n) is 12.0. The summed E-state index contributed by atoms with van der Waals surface area (Å²) in [6.45, 7) is 3.63. The van der Waals surface area contributed by atoms with Gasteiger partial charge in [0.25, 0.3) is 17.1 Å². The van der Waals surface area contributed by atoms with Crippen LogP contribution in [0.15, 0.2) is 45.8 Å². The van der Waals surface area contributed by atoms with Crippen LogP contribution in [0.1, 0.15) is 12.5 Å². The van der Waals surface area contributed by atoms with Crippen molar-refractivity contribution in [2.45, 2.75) is 6.92 Å². The fourth-order valence-electron chi connectivity index (χ4n) is 3.75. The number of nitrogens with zero attached hydrogens (tertiary/aromatic N) is 2. The van der Waals surface area contributed by atoms with Gasteiger partial charge in [-0.05, 0) is 76.6 Å². The van der Waals surface area contributed by atoms with Gasteiger partial charge >= 0.3 is 0 Å². The van der Waals surface area contributed by atoms with E-state index in [-0.39, 0.29) is 17.4 Å². The zero-order valence-electron chi connectivity index (χ0n) is 20.9. The quantitative estimate of drug-likeness (QED) is 0.402. The maximum Gasteiger partial charge on any atom is 0.294 e. The third-order valence-electron chi connectivity index (χ3n) is 5.66. The van der Waals surface area contributed by atoms with Crippen molar-refractivity contribution in [2.75, 3.05) is 51.4 Å². The van der Waals surface area contributed by atoms with Crippen LogP contribution in [0.25, 0.3) is 6.08 Å². The molecule has 206 valence electrons. The number of ether oxygens (including phenoxy) is 3. The van der Waals surface area contributed by atoms with Crippen molar-refractivity contribution in [3.8, 4) is 11.5 Å². The van der Waals surface area contributed by atoms with Gasteiger partial charge in [-0.1, -0.05) is 17.7 Å². The Kier molecular flexibility index (Phi) is 9.89. The molecule has 1 N–H and O–H groups in total. The molecule has 2 aliphatic rings. The van der Waals surface area contributed by atoms with Crippen LogP contribution in [0, 0.1) is 0 Å². The summed E-state index contributed by atoms with van der Waals surface area (Å²) in [5.74, 6) is -0.487. The van der Waals surface area contributed by atoms with Crippen molar-refractivity contribution in [3.05, 3.63) is 56.4 Å². The molecule has 0 unspecified atom stereocenters. The molecule has 0 spiro atoms. The Morgan fingerprint density at radius 3 is 2.62 bits per heavy atom. The zero-order chi connectivity index (χ0) is 27.9. The van der Waals surface area contributed by atoms with Crippen molar-refractivity contribution in [2.24, 2.45) is 0 Å². The number of carbonyl (C=O) groups is 4. The molecule has 4 amide bonds. The molecule has 2 aromatic rings. The molecule has 2 heterocycles. The molecule has 10 nitrogen and oxygen atoms in total. The number of anilines is 1. The fourth-order valence-corrected chi connectivity index (χ4v) is 5.02. The predicted octanol–water partition coefficient (Wildman–Crippen LogP) is 4.41. The summed E-state index contributed by atoms with van der Waals surface area (Å²) in [4.78, 5) is 53.1. The van der Waals surface area contributed by atoms with Crippen LogP contribution in [0.2, 0.25) is 5.02 Å². The number of halogens is 2. The SMILES string of the molecule is CCOc1cc(/C=C2\SC(=O)N(CC(=O)Nc3ccc(Br)c(Cl)c3)C2=O)ccc1OCC(=O)N1CCOCC1. The Morgan fingerprint density at radius 1 is 1.13 bits per heavy atom. The summed E-state index contributed by atoms with van der Waals surface area (Å²) < 4.78 is 17.3. The standard InChI is InChI=1S/C26H25BrClN3O7S/c1-2-37-21-11-16(3-6-20(21)38-15-24(33)30-7-9-36-10-8-30)12-22-25(34)31(26(35)39-22)14-23(32)29-17-4-5-18(27)19(28)13-17/h3-6,11-13H,2,7-10,14-15H2,1H3,(H,29,32)/b22-12-. The normalized spacial score (nSPS) is 16.5. The minimum Gasteiger partial charge on any atom is -0.490 e. The van der Waals surface area contributed by atoms with Gasteiger partial charge in [0.2, 0.25) is 5.91 Å². The number of carbonyl (C=O) groups excluding carboxylic acids is 4. The highest BCUT2D eigenvalue weighted by atomic mass is 79.9. The van der Waals surface area contributed by atoms with Crippen molar-refractivity contribution >= 4 is 74.0 Å². The monoisotopic (exact) mass is 637 g/mol. The third-order valence-corrected chi connectivity index (χ3v) is 7.80. The van der Waals surface area contributed by atoms with E-state index in [0.29, 0.717) is 65.2 Å². The molecule has 2 aliphatic heterocycles. The molecule has 0 radical (unpaired) electrons. The largest absolute Gasteiger partial charge is 0.490 e. The second kappa shape index (κ2) is 13.3. The second-order valence-electron chi connectivity index (χ2n) is 8.37. The fraction of sp³-hybridized carbons (Fsp3) is 0.308. The first-order valence-corrected chi connectivity index (χ1v) is 14.0. The molecule has 2 saturated heterocycles. The van der Waals surface area contributed by atoms with Crippen LogP contribution in [0.5, 0.6) is 11.5 Å². The number of hydrogen-bond donors (Lipinski definition) is 1. The highest BCUT2D eigenvalue weighted by Crippen LogP contribution is 2.35. The Hall–Kier alpha value is -3.06. The molecule has 0 bridgehead atoms. The van der Waals surface area contributed by atoms with Gasteiger partial charge in [0.15, 0.2) is 18.1 Å². The smallest absolute Gasteiger partial charge is 0.294 e. The topological polar surface area (TPSA) is 114 Å². The Labute approximate surface area is 242 Å². The van der Waals surface area contributed by atoms with Crippen LogP contribution in [-0.4, -0.2) is 78.8 Å². The molecule has 39 heavy (non-hydrogen) atoms. The molecule has 0 saturated carbocycles. The van der Waals surface area contributed by atoms with Gasteiger partial charge < -0.3 is 24.4 Å². The number of nitrogens with one attached hydrogen (secondary N) is 1. The maximum atomic E-state index is 12.9. The molecule has 2 fully saturated rings. The van der Waals surface area contributed by atoms with E-state index < -0.39 is 23.6 Å². The molecule has 13 heteroatoms. The number of rotatable bonds is 9. The summed E-state index contributed by atoms with van der Waals surface area (Å²) in [5.41, 5.74) is 1.03. The number of amides is 4. The van der Waals surface area contributed by atoms with E-state index in [1.54, 1.807) is 47.4 Å². The van der Waals surface area contributed by atoms with E-state index in [1.807, 2.05) is 6.92 Å². The lowest BCUT2D eigenvalue weighted by atomic mass is 10.2. The minimum absolute atomic E-state index is 0.146. The highest BCUT2D eigenvalue weighted by Gasteiger charge is 2.36. The predicted molar refractivity (Wildman–Crippen MR) is 151 cm³/mol. The number of benzene rings is 2. The van der Waals surface area contributed by atoms with E-state index in [4.69, 9.17) is 25.8 Å². The van der Waals surface area contributed by atoms with Gasteiger partial charge in [-0.25, -0.2) is 0 Å². The average molecular weight is 639 g/mol. The zero-order valence-corrected chi connectivity index (χ0v) is 24.1. The lowest BCUT2D eigenvalue weighted by Crippen LogP contribution is -2.43. The Balaban J connectivity index is 1.41. The molecule has 0 aromatic heterocycles. The van der Waals surface area contributed by atoms with Gasteiger partial charge in [0.05, 0.1) is 29.7 Å². The Morgan fingerprint density at radius 2 is 1.90 bits per heavy atom. The van der Waals surface area contributed by atoms with Gasteiger partial charge in [0.1, 0.15) is 6.54 Å². The summed E-state index contributed by atoms with van der Waals surface area (Å²) >= 11 is 10.1. The van der Waals surface area contributed by atoms with Crippen LogP contribution < -0.4 is 14.8 Å². The van der Waals surface area contributed by atoms with Gasteiger partial charge in [-0.15, -0.1) is 0 Å². The Bertz CT molecular complexity index is 1320. The van der Waals surface area contributed by atoms with E-state index in [2.05, 4.69) is 21.2 Å². The van der Waals surface area contributed by atoms with E-state index in [1.165, 1.54) is 0 Å². The van der Waals surface area contributed by atoms with E-state index in [9.17, 15) is 19.2 Å². The molecule has 0 atom stereocenters. The lowest BCUT2D eigenvalue weighted by Gasteiger charge is -2.26. The van der Waals surface area contributed by atoms with E-state index in [0.717, 1.165) is 16.7 Å². The third kappa shape index (κ3) is 7.53. The van der Waals surface area contributed by atoms with Gasteiger partial charge in [0, 0.05) is 23.2 Å². The van der Waals surface area contributed by atoms with Crippen LogP contribution in [-0.2, 0) is 19.1 Å². The molecular weight excluding hydrogens is 614 g/mol. The van der Waals surface area contributed by atoms with Crippen LogP contribution in [0.4, 0.5) is 10.5 Å². The summed E-state index contributed by atoms with van der Waals surface area (Å²) in [6.07, 6.45) is 1.54. The lowest BCUT2D eigenvalue weighted by molar-refractivity contribution is -0.137. The van der Waals surface area contributed by atoms with Crippen LogP contribution in [0.3, 0.4) is 0 Å². The van der Waals surface area contributed by atoms with Gasteiger partial charge in [-0.2, -0.15) is 0 Å². The second-order valence-corrected chi connectivity index (χ2v) is 10.6. The number of thioether (sulfide) groups is 1. The summed E-state index contributed by atoms with van der Waals surface area (Å²) in [5, 5.41) is 2.49. The van der Waals surface area contributed by atoms with E-state index >= 15 is 0 Å². The number of morpholine rings is 1. The van der Waals surface area contributed by atoms with Crippen molar-refractivity contribution in [3.63, 3.8) is 0 Å². The summed E-state index contributed by atoms with van der Waals surface area (Å²) in [6, 6.07) is 9.87. The first-order chi connectivity index (χ1) is 18.7. The highest BCUT2D eigenvalue weighted by molar-refractivity contribution is 9.10. The maximum absolute atomic E-state index is 12.9. The first kappa shape index (κ1) is 28.9. The van der Waals surface area contributed by atoms with Crippen LogP contribution >= 0.6 is 39.3 Å².